The van der Waals surface area contributed by atoms with Gasteiger partial charge in [0.1, 0.15) is 28.5 Å². The molecule has 0 saturated heterocycles. The Morgan fingerprint density at radius 2 is 1.59 bits per heavy atom. The molecule has 200 valence electrons. The lowest BCUT2D eigenvalue weighted by Crippen LogP contribution is -2.64. The highest BCUT2D eigenvalue weighted by Crippen LogP contribution is 2.38. The summed E-state index contributed by atoms with van der Waals surface area (Å²) in [6.07, 6.45) is 0. The van der Waals surface area contributed by atoms with Crippen LogP contribution in [-0.4, -0.2) is 48.5 Å². The lowest BCUT2D eigenvalue weighted by Gasteiger charge is -2.43. The number of aromatic nitrogens is 2. The summed E-state index contributed by atoms with van der Waals surface area (Å²) in [7, 11) is 4.66. The van der Waals surface area contributed by atoms with Gasteiger partial charge < -0.3 is 19.5 Å². The van der Waals surface area contributed by atoms with Gasteiger partial charge in [-0.05, 0) is 19.1 Å². The Kier molecular flexibility index (Phi) is 6.98. The molecule has 1 N–H and O–H groups in total. The molecule has 2 amide bonds. The molecule has 0 aliphatic carbocycles. The summed E-state index contributed by atoms with van der Waals surface area (Å²) in [5.74, 6) is 0.960. The molecule has 0 spiro atoms. The van der Waals surface area contributed by atoms with E-state index in [9.17, 15) is 9.59 Å². The van der Waals surface area contributed by atoms with Gasteiger partial charge in [-0.15, -0.1) is 0 Å². The molecule has 1 unspecified atom stereocenters. The summed E-state index contributed by atoms with van der Waals surface area (Å²) in [5, 5.41) is 7.72. The van der Waals surface area contributed by atoms with E-state index >= 15 is 0 Å². The van der Waals surface area contributed by atoms with Crippen LogP contribution < -0.4 is 24.4 Å². The normalized spacial score (nSPS) is 16.4. The van der Waals surface area contributed by atoms with Crippen molar-refractivity contribution in [3.05, 3.63) is 90.1 Å². The number of fused-ring (bicyclic) bond motifs is 1. The van der Waals surface area contributed by atoms with Gasteiger partial charge in [0.25, 0.3) is 5.91 Å². The summed E-state index contributed by atoms with van der Waals surface area (Å²) < 4.78 is 18.0. The third-order valence-electron chi connectivity index (χ3n) is 6.94. The minimum atomic E-state index is -1.33. The maximum absolute atomic E-state index is 14.1. The first-order valence-corrected chi connectivity index (χ1v) is 12.5. The molecule has 0 radical (unpaired) electrons. The Balaban J connectivity index is 1.58. The van der Waals surface area contributed by atoms with Crippen LogP contribution in [0, 0.1) is 0 Å². The van der Waals surface area contributed by atoms with Crippen LogP contribution in [0.15, 0.2) is 78.9 Å². The fraction of sp³-hybridized carbons (Fsp3) is 0.233. The van der Waals surface area contributed by atoms with Gasteiger partial charge in [-0.3, -0.25) is 19.2 Å². The summed E-state index contributed by atoms with van der Waals surface area (Å²) in [4.78, 5) is 29.6. The van der Waals surface area contributed by atoms with Gasteiger partial charge in [-0.1, -0.05) is 48.5 Å². The monoisotopic (exact) mass is 526 g/mol. The molecule has 1 aromatic heterocycles. The fourth-order valence-electron chi connectivity index (χ4n) is 4.87. The summed E-state index contributed by atoms with van der Waals surface area (Å²) in [5.41, 5.74) is 1.87. The van der Waals surface area contributed by atoms with Crippen molar-refractivity contribution in [1.82, 2.24) is 15.1 Å². The summed E-state index contributed by atoms with van der Waals surface area (Å²) >= 11 is 0. The SMILES string of the molecule is COc1cc(OC)cc(N2C(=O)c3cc(-c4ccccc4)nn3CC2(C)C(=O)NCc2ccccc2OC)c1. The number of methoxy groups -OCH3 is 3. The Bertz CT molecular complexity index is 1490. The predicted molar refractivity (Wildman–Crippen MR) is 147 cm³/mol. The van der Waals surface area contributed by atoms with Crippen LogP contribution >= 0.6 is 0 Å². The molecule has 0 saturated carbocycles. The lowest BCUT2D eigenvalue weighted by atomic mass is 9.93. The second-order valence-corrected chi connectivity index (χ2v) is 9.42. The topological polar surface area (TPSA) is 94.9 Å². The molecule has 1 atom stereocenters. The van der Waals surface area contributed by atoms with Crippen LogP contribution in [-0.2, 0) is 17.9 Å². The quantitative estimate of drug-likeness (QED) is 0.368. The van der Waals surface area contributed by atoms with Crippen molar-refractivity contribution in [2.24, 2.45) is 0 Å². The first-order chi connectivity index (χ1) is 18.9. The van der Waals surface area contributed by atoms with Crippen molar-refractivity contribution in [3.8, 4) is 28.5 Å². The van der Waals surface area contributed by atoms with Gasteiger partial charge in [-0.25, -0.2) is 0 Å². The smallest absolute Gasteiger partial charge is 0.277 e. The molecule has 39 heavy (non-hydrogen) atoms. The average molecular weight is 527 g/mol. The standard InChI is InChI=1S/C30H30N4O5/c1-30(29(36)31-18-21-12-8-9-13-27(21)39-4)19-33-26(17-25(32-33)20-10-6-5-7-11-20)28(35)34(30)22-14-23(37-2)16-24(15-22)38-3/h5-17H,18-19H2,1-4H3,(H,31,36). The van der Waals surface area contributed by atoms with Crippen LogP contribution in [0.25, 0.3) is 11.3 Å². The first kappa shape index (κ1) is 25.8. The van der Waals surface area contributed by atoms with Crippen molar-refractivity contribution < 1.29 is 23.8 Å². The number of benzene rings is 3. The minimum Gasteiger partial charge on any atom is -0.497 e. The van der Waals surface area contributed by atoms with E-state index < -0.39 is 5.54 Å². The Hall–Kier alpha value is -4.79. The molecular weight excluding hydrogens is 496 g/mol. The van der Waals surface area contributed by atoms with Crippen molar-refractivity contribution in [1.29, 1.82) is 0 Å². The van der Waals surface area contributed by atoms with Crippen molar-refractivity contribution >= 4 is 17.5 Å². The Morgan fingerprint density at radius 1 is 0.923 bits per heavy atom. The van der Waals surface area contributed by atoms with Gasteiger partial charge >= 0.3 is 0 Å². The number of carbonyl (C=O) groups is 2. The predicted octanol–water partition coefficient (Wildman–Crippen LogP) is 4.31. The average Bonchev–Trinajstić information content (AvgIpc) is 3.40. The summed E-state index contributed by atoms with van der Waals surface area (Å²) in [6.45, 7) is 2.10. The second kappa shape index (κ2) is 10.5. The summed E-state index contributed by atoms with van der Waals surface area (Å²) in [6, 6.07) is 24.0. The van der Waals surface area contributed by atoms with E-state index in [1.807, 2.05) is 54.6 Å². The van der Waals surface area contributed by atoms with Gasteiger partial charge in [0, 0.05) is 35.9 Å². The molecule has 0 fully saturated rings. The second-order valence-electron chi connectivity index (χ2n) is 9.42. The number of hydrogen-bond acceptors (Lipinski definition) is 6. The minimum absolute atomic E-state index is 0.137. The van der Waals surface area contributed by atoms with Crippen molar-refractivity contribution in [2.75, 3.05) is 26.2 Å². The first-order valence-electron chi connectivity index (χ1n) is 12.5. The molecule has 4 aromatic rings. The number of anilines is 1. The van der Waals surface area contributed by atoms with Crippen LogP contribution in [0.3, 0.4) is 0 Å². The largest absolute Gasteiger partial charge is 0.497 e. The number of amides is 2. The van der Waals surface area contributed by atoms with Gasteiger partial charge in [-0.2, -0.15) is 5.10 Å². The Labute approximate surface area is 226 Å². The highest BCUT2D eigenvalue weighted by molar-refractivity contribution is 6.12. The molecule has 3 aromatic carbocycles. The number of ether oxygens (including phenoxy) is 3. The van der Waals surface area contributed by atoms with E-state index in [2.05, 4.69) is 5.32 Å². The van der Waals surface area contributed by atoms with E-state index in [0.29, 0.717) is 34.3 Å². The van der Waals surface area contributed by atoms with Crippen LogP contribution in [0.1, 0.15) is 23.0 Å². The van der Waals surface area contributed by atoms with Crippen molar-refractivity contribution in [2.45, 2.75) is 25.6 Å². The van der Waals surface area contributed by atoms with Crippen LogP contribution in [0.2, 0.25) is 0 Å². The molecule has 9 nitrogen and oxygen atoms in total. The molecule has 0 bridgehead atoms. The highest BCUT2D eigenvalue weighted by atomic mass is 16.5. The third-order valence-corrected chi connectivity index (χ3v) is 6.94. The zero-order chi connectivity index (χ0) is 27.6. The maximum atomic E-state index is 14.1. The van der Waals surface area contributed by atoms with E-state index in [1.165, 1.54) is 19.1 Å². The van der Waals surface area contributed by atoms with E-state index in [0.717, 1.165) is 11.1 Å². The maximum Gasteiger partial charge on any atom is 0.277 e. The fourth-order valence-corrected chi connectivity index (χ4v) is 4.87. The van der Waals surface area contributed by atoms with Gasteiger partial charge in [0.2, 0.25) is 5.91 Å². The van der Waals surface area contributed by atoms with Crippen LogP contribution in [0.5, 0.6) is 17.2 Å². The lowest BCUT2D eigenvalue weighted by molar-refractivity contribution is -0.126. The van der Waals surface area contributed by atoms with E-state index in [1.54, 1.807) is 43.0 Å². The number of hydrogen-bond donors (Lipinski definition) is 1. The number of nitrogens with zero attached hydrogens (tertiary/aromatic N) is 3. The van der Waals surface area contributed by atoms with Gasteiger partial charge in [0.15, 0.2) is 0 Å². The number of nitrogens with one attached hydrogen (secondary N) is 1. The molecule has 9 heteroatoms. The van der Waals surface area contributed by atoms with E-state index in [-0.39, 0.29) is 24.9 Å². The zero-order valence-electron chi connectivity index (χ0n) is 22.3. The highest BCUT2D eigenvalue weighted by Gasteiger charge is 2.49. The molecule has 2 heterocycles. The van der Waals surface area contributed by atoms with Gasteiger partial charge in [0.05, 0.1) is 39.3 Å². The third kappa shape index (κ3) is 4.79. The molecule has 1 aliphatic heterocycles. The van der Waals surface area contributed by atoms with Crippen LogP contribution in [0.4, 0.5) is 5.69 Å². The Morgan fingerprint density at radius 3 is 2.26 bits per heavy atom. The number of para-hydroxylation sites is 1. The molecular formula is C30H30N4O5. The van der Waals surface area contributed by atoms with Crippen molar-refractivity contribution in [3.63, 3.8) is 0 Å². The zero-order valence-corrected chi connectivity index (χ0v) is 22.3. The number of rotatable bonds is 8. The molecule has 5 rings (SSSR count). The molecule has 1 aliphatic rings. The number of carbonyl (C=O) groups excluding carboxylic acids is 2. The van der Waals surface area contributed by atoms with E-state index in [4.69, 9.17) is 19.3 Å².